The van der Waals surface area contributed by atoms with Gasteiger partial charge in [-0.2, -0.15) is 0 Å². The number of rotatable bonds is 1. The maximum Gasteiger partial charge on any atom is 1.00 e. The summed E-state index contributed by atoms with van der Waals surface area (Å²) in [7, 11) is 0. The average Bonchev–Trinajstić information content (AvgIpc) is 2.40. The third kappa shape index (κ3) is 3.14. The number of fused-ring (bicyclic) bond motifs is 1. The van der Waals surface area contributed by atoms with E-state index in [1.165, 1.54) is 6.07 Å². The third-order valence-corrected chi connectivity index (χ3v) is 2.69. The van der Waals surface area contributed by atoms with Crippen LogP contribution in [0.25, 0.3) is 22.3 Å². The van der Waals surface area contributed by atoms with Crippen LogP contribution in [0, 0.1) is 0 Å². The van der Waals surface area contributed by atoms with Crippen LogP contribution < -0.4 is 35.0 Å². The fourth-order valence-corrected chi connectivity index (χ4v) is 1.85. The quantitative estimate of drug-likeness (QED) is 0.592. The van der Waals surface area contributed by atoms with Crippen molar-refractivity contribution in [3.05, 3.63) is 70.9 Å². The van der Waals surface area contributed by atoms with Crippen molar-refractivity contribution in [2.24, 2.45) is 0 Å². The second kappa shape index (κ2) is 6.68. The van der Waals surface area contributed by atoms with Gasteiger partial charge in [0.2, 0.25) is 0 Å². The molecule has 1 heterocycles. The summed E-state index contributed by atoms with van der Waals surface area (Å²) in [6, 6.07) is 18.4. The molecular formula is C15H11NaO3. The monoisotopic (exact) mass is 262 g/mol. The van der Waals surface area contributed by atoms with Crippen molar-refractivity contribution in [1.29, 1.82) is 0 Å². The summed E-state index contributed by atoms with van der Waals surface area (Å²) in [5.74, 6) is 0.606. The molecule has 0 aliphatic heterocycles. The molecule has 1 N–H and O–H groups in total. The van der Waals surface area contributed by atoms with Gasteiger partial charge in [0.1, 0.15) is 11.3 Å². The van der Waals surface area contributed by atoms with Crippen LogP contribution in [0.2, 0.25) is 0 Å². The van der Waals surface area contributed by atoms with Crippen LogP contribution in [0.5, 0.6) is 0 Å². The Morgan fingerprint density at radius 1 is 0.842 bits per heavy atom. The summed E-state index contributed by atoms with van der Waals surface area (Å²) in [6.45, 7) is 0. The van der Waals surface area contributed by atoms with Crippen LogP contribution in [0.3, 0.4) is 0 Å². The van der Waals surface area contributed by atoms with Gasteiger partial charge < -0.3 is 9.89 Å². The van der Waals surface area contributed by atoms with Crippen LogP contribution in [-0.4, -0.2) is 5.48 Å². The van der Waals surface area contributed by atoms with E-state index in [0.717, 1.165) is 5.56 Å². The van der Waals surface area contributed by atoms with E-state index in [1.54, 1.807) is 6.07 Å². The summed E-state index contributed by atoms with van der Waals surface area (Å²) in [5.41, 5.74) is 1.53. The molecule has 0 fully saturated rings. The van der Waals surface area contributed by atoms with E-state index < -0.39 is 0 Å². The number of benzene rings is 2. The van der Waals surface area contributed by atoms with Crippen LogP contribution in [-0.2, 0) is 0 Å². The maximum absolute atomic E-state index is 11.9. The smallest absolute Gasteiger partial charge is 0.870 e. The molecule has 0 spiro atoms. The van der Waals surface area contributed by atoms with Crippen LogP contribution in [0.1, 0.15) is 0 Å². The predicted octanol–water partition coefficient (Wildman–Crippen LogP) is 0.287. The van der Waals surface area contributed by atoms with Crippen molar-refractivity contribution in [3.63, 3.8) is 0 Å². The third-order valence-electron chi connectivity index (χ3n) is 2.69. The first kappa shape index (κ1) is 15.7. The van der Waals surface area contributed by atoms with Gasteiger partial charge in [-0.1, -0.05) is 42.5 Å². The molecule has 0 bridgehead atoms. The van der Waals surface area contributed by atoms with Gasteiger partial charge in [0.15, 0.2) is 5.43 Å². The minimum absolute atomic E-state index is 0. The van der Waals surface area contributed by atoms with Crippen molar-refractivity contribution in [3.8, 4) is 11.3 Å². The molecule has 3 nitrogen and oxygen atoms in total. The zero-order chi connectivity index (χ0) is 11.7. The SMILES string of the molecule is O=c1cc(-c2ccccc2)oc2ccccc12.[Na+].[OH-]. The Bertz CT molecular complexity index is 720. The predicted molar refractivity (Wildman–Crippen MR) is 69.9 cm³/mol. The Morgan fingerprint density at radius 2 is 1.47 bits per heavy atom. The van der Waals surface area contributed by atoms with Gasteiger partial charge in [-0.25, -0.2) is 0 Å². The van der Waals surface area contributed by atoms with Crippen molar-refractivity contribution in [2.45, 2.75) is 0 Å². The zero-order valence-corrected chi connectivity index (χ0v) is 12.5. The second-order valence-electron chi connectivity index (χ2n) is 3.84. The molecule has 0 radical (unpaired) electrons. The van der Waals surface area contributed by atoms with Gasteiger partial charge >= 0.3 is 29.6 Å². The Hall–Kier alpha value is -1.39. The van der Waals surface area contributed by atoms with Gasteiger partial charge in [-0.05, 0) is 12.1 Å². The summed E-state index contributed by atoms with van der Waals surface area (Å²) in [6.07, 6.45) is 0. The molecule has 0 amide bonds. The summed E-state index contributed by atoms with van der Waals surface area (Å²) < 4.78 is 5.73. The molecule has 4 heteroatoms. The molecule has 0 aliphatic rings. The summed E-state index contributed by atoms with van der Waals surface area (Å²) in [5, 5.41) is 0.618. The summed E-state index contributed by atoms with van der Waals surface area (Å²) in [4.78, 5) is 11.9. The molecule has 1 aromatic heterocycles. The molecule has 90 valence electrons. The van der Waals surface area contributed by atoms with Crippen LogP contribution >= 0.6 is 0 Å². The Labute approximate surface area is 132 Å². The van der Waals surface area contributed by atoms with Crippen molar-refractivity contribution in [1.82, 2.24) is 0 Å². The average molecular weight is 262 g/mol. The molecule has 19 heavy (non-hydrogen) atoms. The van der Waals surface area contributed by atoms with E-state index in [-0.39, 0.29) is 40.5 Å². The fourth-order valence-electron chi connectivity index (χ4n) is 1.85. The van der Waals surface area contributed by atoms with Crippen LogP contribution in [0.15, 0.2) is 69.9 Å². The van der Waals surface area contributed by atoms with Crippen LogP contribution in [0.4, 0.5) is 0 Å². The van der Waals surface area contributed by atoms with E-state index in [1.807, 2.05) is 48.5 Å². The first-order chi connectivity index (χ1) is 8.34. The molecule has 0 saturated carbocycles. The second-order valence-corrected chi connectivity index (χ2v) is 3.84. The Balaban J connectivity index is 0.000000902. The van der Waals surface area contributed by atoms with E-state index in [4.69, 9.17) is 4.42 Å². The minimum Gasteiger partial charge on any atom is -0.870 e. The number of para-hydroxylation sites is 1. The Kier molecular flexibility index (Phi) is 5.51. The molecular weight excluding hydrogens is 251 g/mol. The van der Waals surface area contributed by atoms with Gasteiger partial charge in [0.25, 0.3) is 0 Å². The van der Waals surface area contributed by atoms with Crippen molar-refractivity contribution in [2.75, 3.05) is 0 Å². The molecule has 3 aromatic rings. The topological polar surface area (TPSA) is 60.2 Å². The molecule has 0 saturated heterocycles. The first-order valence-corrected chi connectivity index (χ1v) is 5.43. The largest absolute Gasteiger partial charge is 1.00 e. The molecule has 2 aromatic carbocycles. The van der Waals surface area contributed by atoms with Gasteiger partial charge in [-0.3, -0.25) is 4.79 Å². The van der Waals surface area contributed by atoms with Gasteiger partial charge in [0, 0.05) is 11.6 Å². The minimum atomic E-state index is -0.00861. The van der Waals surface area contributed by atoms with E-state index in [0.29, 0.717) is 16.7 Å². The molecule has 0 aliphatic carbocycles. The van der Waals surface area contributed by atoms with Crippen molar-refractivity contribution >= 4 is 11.0 Å². The van der Waals surface area contributed by atoms with E-state index in [2.05, 4.69) is 0 Å². The normalized spacial score (nSPS) is 9.47. The van der Waals surface area contributed by atoms with E-state index >= 15 is 0 Å². The van der Waals surface area contributed by atoms with Gasteiger partial charge in [-0.15, -0.1) is 0 Å². The van der Waals surface area contributed by atoms with Gasteiger partial charge in [0.05, 0.1) is 5.39 Å². The summed E-state index contributed by atoms with van der Waals surface area (Å²) >= 11 is 0. The molecule has 0 unspecified atom stereocenters. The molecule has 3 rings (SSSR count). The molecule has 0 atom stereocenters. The standard InChI is InChI=1S/C15H10O2.Na.H2O/c16-13-10-15(11-6-2-1-3-7-11)17-14-9-5-4-8-12(13)14;;/h1-10H;;1H2/q;+1;/p-1. The zero-order valence-electron chi connectivity index (χ0n) is 10.5. The van der Waals surface area contributed by atoms with E-state index in [9.17, 15) is 4.79 Å². The Morgan fingerprint density at radius 3 is 2.21 bits per heavy atom. The maximum atomic E-state index is 11.9. The number of hydrogen-bond donors (Lipinski definition) is 0. The first-order valence-electron chi connectivity index (χ1n) is 5.43. The van der Waals surface area contributed by atoms with Crippen molar-refractivity contribution < 1.29 is 39.5 Å². The number of hydrogen-bond acceptors (Lipinski definition) is 3. The fraction of sp³-hybridized carbons (Fsp3) is 0.